The van der Waals surface area contributed by atoms with E-state index in [0.717, 1.165) is 5.56 Å². The van der Waals surface area contributed by atoms with Crippen LogP contribution >= 0.6 is 11.8 Å². The Balaban J connectivity index is 2.29. The van der Waals surface area contributed by atoms with E-state index in [0.29, 0.717) is 22.5 Å². The molecular weight excluding hydrogens is 248 g/mol. The van der Waals surface area contributed by atoms with E-state index in [9.17, 15) is 4.79 Å². The third-order valence-corrected chi connectivity index (χ3v) is 3.45. The smallest absolute Gasteiger partial charge is 0.251 e. The van der Waals surface area contributed by atoms with E-state index in [1.807, 2.05) is 13.2 Å². The second-order valence-electron chi connectivity index (χ2n) is 4.34. The van der Waals surface area contributed by atoms with Crippen molar-refractivity contribution >= 4 is 11.8 Å². The molecule has 6 heteroatoms. The van der Waals surface area contributed by atoms with Gasteiger partial charge in [0.2, 0.25) is 0 Å². The van der Waals surface area contributed by atoms with Crippen molar-refractivity contribution in [3.05, 3.63) is 34.6 Å². The highest BCUT2D eigenvalue weighted by molar-refractivity contribution is 7.99. The van der Waals surface area contributed by atoms with Gasteiger partial charge in [0.25, 0.3) is 5.56 Å². The zero-order chi connectivity index (χ0) is 13.1. The Kier molecular flexibility index (Phi) is 3.86. The Morgan fingerprint density at radius 1 is 1.50 bits per heavy atom. The molecule has 0 aliphatic rings. The monoisotopic (exact) mass is 264 g/mol. The summed E-state index contributed by atoms with van der Waals surface area (Å²) in [5, 5.41) is 4.60. The van der Waals surface area contributed by atoms with Crippen LogP contribution in [0.25, 0.3) is 11.3 Å². The van der Waals surface area contributed by atoms with Gasteiger partial charge >= 0.3 is 0 Å². The van der Waals surface area contributed by atoms with Crippen molar-refractivity contribution in [1.82, 2.24) is 19.7 Å². The fourth-order valence-corrected chi connectivity index (χ4v) is 2.15. The van der Waals surface area contributed by atoms with Crippen molar-refractivity contribution in [3.8, 4) is 11.3 Å². The van der Waals surface area contributed by atoms with Crippen LogP contribution in [0.1, 0.15) is 19.7 Å². The van der Waals surface area contributed by atoms with Crippen LogP contribution in [-0.4, -0.2) is 25.0 Å². The van der Waals surface area contributed by atoms with E-state index in [4.69, 9.17) is 0 Å². The molecule has 2 heterocycles. The van der Waals surface area contributed by atoms with Gasteiger partial charge in [-0.05, 0) is 5.25 Å². The fourth-order valence-electron chi connectivity index (χ4n) is 1.52. The SMILES string of the molecule is CC(C)SCc1nc(-c2cnn(C)c2)cc(=O)[nH]1. The van der Waals surface area contributed by atoms with E-state index in [-0.39, 0.29) is 5.56 Å². The van der Waals surface area contributed by atoms with Crippen molar-refractivity contribution < 1.29 is 0 Å². The highest BCUT2D eigenvalue weighted by Crippen LogP contribution is 2.17. The molecule has 0 aliphatic heterocycles. The van der Waals surface area contributed by atoms with Crippen LogP contribution < -0.4 is 5.56 Å². The molecule has 0 aliphatic carbocycles. The zero-order valence-electron chi connectivity index (χ0n) is 10.7. The Morgan fingerprint density at radius 2 is 2.28 bits per heavy atom. The minimum Gasteiger partial charge on any atom is -0.310 e. The Morgan fingerprint density at radius 3 is 2.89 bits per heavy atom. The number of aryl methyl sites for hydroxylation is 1. The molecule has 96 valence electrons. The fraction of sp³-hybridized carbons (Fsp3) is 0.417. The maximum atomic E-state index is 11.6. The molecule has 0 saturated carbocycles. The predicted molar refractivity (Wildman–Crippen MR) is 73.5 cm³/mol. The van der Waals surface area contributed by atoms with Gasteiger partial charge in [0.05, 0.1) is 17.6 Å². The molecule has 0 saturated heterocycles. The quantitative estimate of drug-likeness (QED) is 0.914. The molecule has 0 fully saturated rings. The zero-order valence-corrected chi connectivity index (χ0v) is 11.5. The summed E-state index contributed by atoms with van der Waals surface area (Å²) in [5.74, 6) is 1.42. The van der Waals surface area contributed by atoms with Crippen LogP contribution in [0.15, 0.2) is 23.3 Å². The lowest BCUT2D eigenvalue weighted by atomic mass is 10.2. The minimum atomic E-state index is -0.122. The summed E-state index contributed by atoms with van der Waals surface area (Å²) in [6.45, 7) is 4.24. The first kappa shape index (κ1) is 12.9. The Labute approximate surface area is 110 Å². The van der Waals surface area contributed by atoms with Crippen molar-refractivity contribution in [1.29, 1.82) is 0 Å². The normalized spacial score (nSPS) is 11.1. The molecule has 1 N–H and O–H groups in total. The molecule has 0 atom stereocenters. The molecule has 0 radical (unpaired) electrons. The van der Waals surface area contributed by atoms with E-state index < -0.39 is 0 Å². The van der Waals surface area contributed by atoms with Gasteiger partial charge in [0, 0.05) is 24.9 Å². The number of hydrogen-bond acceptors (Lipinski definition) is 4. The highest BCUT2D eigenvalue weighted by atomic mass is 32.2. The first-order valence-corrected chi connectivity index (χ1v) is 6.80. The van der Waals surface area contributed by atoms with Crippen molar-refractivity contribution in [3.63, 3.8) is 0 Å². The maximum Gasteiger partial charge on any atom is 0.251 e. The second-order valence-corrected chi connectivity index (χ2v) is 5.90. The molecule has 2 rings (SSSR count). The molecule has 0 spiro atoms. The lowest BCUT2D eigenvalue weighted by Gasteiger charge is -2.05. The molecule has 0 unspecified atom stereocenters. The molecule has 0 bridgehead atoms. The molecule has 2 aromatic heterocycles. The van der Waals surface area contributed by atoms with Crippen molar-refractivity contribution in [2.75, 3.05) is 0 Å². The van der Waals surface area contributed by atoms with Gasteiger partial charge in [-0.3, -0.25) is 9.48 Å². The highest BCUT2D eigenvalue weighted by Gasteiger charge is 2.06. The number of nitrogens with one attached hydrogen (secondary N) is 1. The van der Waals surface area contributed by atoms with Crippen LogP contribution in [-0.2, 0) is 12.8 Å². The molecular formula is C12H16N4OS. The van der Waals surface area contributed by atoms with E-state index in [1.54, 1.807) is 22.6 Å². The summed E-state index contributed by atoms with van der Waals surface area (Å²) in [4.78, 5) is 18.8. The first-order chi connectivity index (χ1) is 8.54. The van der Waals surface area contributed by atoms with Gasteiger partial charge in [-0.2, -0.15) is 16.9 Å². The molecule has 0 amide bonds. The van der Waals surface area contributed by atoms with Crippen LogP contribution in [0.3, 0.4) is 0 Å². The molecule has 18 heavy (non-hydrogen) atoms. The number of thioether (sulfide) groups is 1. The maximum absolute atomic E-state index is 11.6. The van der Waals surface area contributed by atoms with Gasteiger partial charge < -0.3 is 4.98 Å². The summed E-state index contributed by atoms with van der Waals surface area (Å²) in [6.07, 6.45) is 3.56. The third kappa shape index (κ3) is 3.22. The van der Waals surface area contributed by atoms with Gasteiger partial charge in [-0.15, -0.1) is 0 Å². The van der Waals surface area contributed by atoms with Crippen LogP contribution in [0.2, 0.25) is 0 Å². The molecule has 5 nitrogen and oxygen atoms in total. The number of H-pyrrole nitrogens is 1. The lowest BCUT2D eigenvalue weighted by molar-refractivity contribution is 0.768. The topological polar surface area (TPSA) is 63.6 Å². The largest absolute Gasteiger partial charge is 0.310 e. The van der Waals surface area contributed by atoms with Gasteiger partial charge in [-0.1, -0.05) is 13.8 Å². The van der Waals surface area contributed by atoms with Gasteiger partial charge in [0.15, 0.2) is 0 Å². The van der Waals surface area contributed by atoms with Crippen LogP contribution in [0.5, 0.6) is 0 Å². The summed E-state index contributed by atoms with van der Waals surface area (Å²) < 4.78 is 1.70. The minimum absolute atomic E-state index is 0.122. The number of aromatic amines is 1. The van der Waals surface area contributed by atoms with Gasteiger partial charge in [0.1, 0.15) is 5.82 Å². The standard InChI is InChI=1S/C12H16N4OS/c1-8(2)18-7-11-14-10(4-12(17)15-11)9-5-13-16(3)6-9/h4-6,8H,7H2,1-3H3,(H,14,15,17). The molecule has 2 aromatic rings. The second kappa shape index (κ2) is 5.39. The van der Waals surface area contributed by atoms with E-state index >= 15 is 0 Å². The van der Waals surface area contributed by atoms with Crippen molar-refractivity contribution in [2.45, 2.75) is 24.9 Å². The average molecular weight is 264 g/mol. The van der Waals surface area contributed by atoms with Gasteiger partial charge in [-0.25, -0.2) is 4.98 Å². The van der Waals surface area contributed by atoms with Crippen LogP contribution in [0.4, 0.5) is 0 Å². The third-order valence-electron chi connectivity index (χ3n) is 2.34. The Bertz CT molecular complexity index is 588. The summed E-state index contributed by atoms with van der Waals surface area (Å²) in [5.41, 5.74) is 1.41. The summed E-state index contributed by atoms with van der Waals surface area (Å²) >= 11 is 1.75. The predicted octanol–water partition coefficient (Wildman–Crippen LogP) is 1.81. The first-order valence-electron chi connectivity index (χ1n) is 5.75. The summed E-state index contributed by atoms with van der Waals surface area (Å²) in [7, 11) is 1.84. The van der Waals surface area contributed by atoms with Crippen molar-refractivity contribution in [2.24, 2.45) is 7.05 Å². The number of nitrogens with zero attached hydrogens (tertiary/aromatic N) is 3. The van der Waals surface area contributed by atoms with Crippen LogP contribution in [0, 0.1) is 0 Å². The Hall–Kier alpha value is -1.56. The summed E-state index contributed by atoms with van der Waals surface area (Å²) in [6, 6.07) is 1.50. The average Bonchev–Trinajstić information content (AvgIpc) is 2.72. The van der Waals surface area contributed by atoms with E-state index in [1.165, 1.54) is 6.07 Å². The number of rotatable bonds is 4. The lowest BCUT2D eigenvalue weighted by Crippen LogP contribution is -2.10. The molecule has 0 aromatic carbocycles. The number of aromatic nitrogens is 4. The number of hydrogen-bond donors (Lipinski definition) is 1. The van der Waals surface area contributed by atoms with E-state index in [2.05, 4.69) is 28.9 Å².